The lowest BCUT2D eigenvalue weighted by molar-refractivity contribution is -0.143. The van der Waals surface area contributed by atoms with Crippen molar-refractivity contribution in [3.63, 3.8) is 0 Å². The van der Waals surface area contributed by atoms with Gasteiger partial charge in [-0.1, -0.05) is 11.6 Å². The number of hydrogen-bond donors (Lipinski definition) is 0. The van der Waals surface area contributed by atoms with Crippen LogP contribution in [0, 0.1) is 0 Å². The van der Waals surface area contributed by atoms with Crippen LogP contribution in [0.5, 0.6) is 0 Å². The van der Waals surface area contributed by atoms with Crippen molar-refractivity contribution < 1.29 is 9.47 Å². The predicted molar refractivity (Wildman–Crippen MR) is 116 cm³/mol. The molecule has 0 unspecified atom stereocenters. The number of aromatic nitrogens is 2. The highest BCUT2D eigenvalue weighted by molar-refractivity contribution is 7.18. The van der Waals surface area contributed by atoms with Crippen molar-refractivity contribution in [1.29, 1.82) is 0 Å². The molecule has 0 atom stereocenters. The summed E-state index contributed by atoms with van der Waals surface area (Å²) in [6, 6.07) is 6.74. The Hall–Kier alpha value is -1.93. The fourth-order valence-electron chi connectivity index (χ4n) is 3.86. The van der Waals surface area contributed by atoms with E-state index in [1.54, 1.807) is 40.2 Å². The number of fused-ring (bicyclic) bond motifs is 3. The Kier molecular flexibility index (Phi) is 5.92. The fourth-order valence-corrected chi connectivity index (χ4v) is 5.37. The van der Waals surface area contributed by atoms with Gasteiger partial charge in [0, 0.05) is 23.1 Å². The number of halogens is 1. The van der Waals surface area contributed by atoms with Crippen LogP contribution in [0.2, 0.25) is 5.02 Å². The molecule has 0 spiro atoms. The van der Waals surface area contributed by atoms with Gasteiger partial charge < -0.3 is 9.47 Å². The minimum atomic E-state index is -0.556. The molecule has 0 N–H and O–H groups in total. The Morgan fingerprint density at radius 2 is 1.79 bits per heavy atom. The molecular formula is C21H23ClN2O4S. The SMILES string of the molecule is CCOC(Cn1c(=O)n(-c2ccc(Cl)cc2)c(=O)c2c3c(sc21)CCC3)OCC. The second kappa shape index (κ2) is 8.44. The van der Waals surface area contributed by atoms with Crippen LogP contribution >= 0.6 is 22.9 Å². The van der Waals surface area contributed by atoms with Gasteiger partial charge >= 0.3 is 5.69 Å². The maximum absolute atomic E-state index is 13.4. The third-order valence-electron chi connectivity index (χ3n) is 5.11. The van der Waals surface area contributed by atoms with E-state index in [1.807, 2.05) is 13.8 Å². The van der Waals surface area contributed by atoms with Gasteiger partial charge in [-0.15, -0.1) is 11.3 Å². The molecule has 1 aliphatic rings. The highest BCUT2D eigenvalue weighted by Crippen LogP contribution is 2.35. The summed E-state index contributed by atoms with van der Waals surface area (Å²) < 4.78 is 14.2. The molecule has 0 saturated heterocycles. The Morgan fingerprint density at radius 1 is 1.10 bits per heavy atom. The summed E-state index contributed by atoms with van der Waals surface area (Å²) in [5, 5.41) is 1.19. The zero-order chi connectivity index (χ0) is 20.5. The first kappa shape index (κ1) is 20.3. The lowest BCUT2D eigenvalue weighted by Gasteiger charge is -2.19. The van der Waals surface area contributed by atoms with Crippen LogP contribution in [0.4, 0.5) is 0 Å². The third kappa shape index (κ3) is 3.68. The number of rotatable bonds is 7. The van der Waals surface area contributed by atoms with E-state index in [-0.39, 0.29) is 12.1 Å². The molecular weight excluding hydrogens is 412 g/mol. The quantitative estimate of drug-likeness (QED) is 0.531. The van der Waals surface area contributed by atoms with Crippen molar-refractivity contribution in [3.8, 4) is 5.69 Å². The first-order chi connectivity index (χ1) is 14.0. The van der Waals surface area contributed by atoms with Gasteiger partial charge in [0.1, 0.15) is 4.83 Å². The van der Waals surface area contributed by atoms with Crippen molar-refractivity contribution in [3.05, 3.63) is 60.6 Å². The molecule has 2 heterocycles. The lowest BCUT2D eigenvalue weighted by Crippen LogP contribution is -2.41. The van der Waals surface area contributed by atoms with Crippen LogP contribution in [-0.2, 0) is 28.9 Å². The number of thiophene rings is 1. The second-order valence-corrected chi connectivity index (χ2v) is 8.41. The van der Waals surface area contributed by atoms with Crippen LogP contribution in [0.3, 0.4) is 0 Å². The largest absolute Gasteiger partial charge is 0.351 e. The zero-order valence-electron chi connectivity index (χ0n) is 16.4. The van der Waals surface area contributed by atoms with E-state index in [4.69, 9.17) is 21.1 Å². The molecule has 0 fully saturated rings. The monoisotopic (exact) mass is 434 g/mol. The summed E-state index contributed by atoms with van der Waals surface area (Å²) in [5.74, 6) is 0. The molecule has 0 saturated carbocycles. The van der Waals surface area contributed by atoms with Crippen LogP contribution in [-0.4, -0.2) is 28.6 Å². The molecule has 8 heteroatoms. The molecule has 0 radical (unpaired) electrons. The summed E-state index contributed by atoms with van der Waals surface area (Å²) in [6.07, 6.45) is 2.30. The highest BCUT2D eigenvalue weighted by Gasteiger charge is 2.26. The van der Waals surface area contributed by atoms with Gasteiger partial charge in [0.25, 0.3) is 5.56 Å². The standard InChI is InChI=1S/C21H23ClN2O4S/c1-3-27-17(28-4-2)12-23-20-18(15-6-5-7-16(15)29-20)19(25)24(21(23)26)14-10-8-13(22)9-11-14/h8-11,17H,3-7,12H2,1-2H3. The van der Waals surface area contributed by atoms with Crippen LogP contribution in [0.1, 0.15) is 30.7 Å². The molecule has 2 aromatic heterocycles. The molecule has 1 aromatic carbocycles. The molecule has 1 aliphatic carbocycles. The van der Waals surface area contributed by atoms with Gasteiger partial charge in [-0.3, -0.25) is 9.36 Å². The summed E-state index contributed by atoms with van der Waals surface area (Å²) in [5.41, 5.74) is 0.916. The molecule has 0 aliphatic heterocycles. The van der Waals surface area contributed by atoms with Gasteiger partial charge in [0.2, 0.25) is 0 Å². The van der Waals surface area contributed by atoms with Crippen LogP contribution in [0.15, 0.2) is 33.9 Å². The van der Waals surface area contributed by atoms with Gasteiger partial charge in [-0.25, -0.2) is 9.36 Å². The molecule has 0 bridgehead atoms. The van der Waals surface area contributed by atoms with Gasteiger partial charge in [0.05, 0.1) is 17.6 Å². The van der Waals surface area contributed by atoms with E-state index < -0.39 is 12.0 Å². The minimum absolute atomic E-state index is 0.226. The van der Waals surface area contributed by atoms with Crippen LogP contribution in [0.25, 0.3) is 15.9 Å². The van der Waals surface area contributed by atoms with Crippen molar-refractivity contribution in [2.45, 2.75) is 45.9 Å². The first-order valence-electron chi connectivity index (χ1n) is 9.84. The third-order valence-corrected chi connectivity index (χ3v) is 6.68. The number of aryl methyl sites for hydroxylation is 2. The van der Waals surface area contributed by atoms with Gasteiger partial charge in [-0.05, 0) is 62.9 Å². The van der Waals surface area contributed by atoms with Gasteiger partial charge in [-0.2, -0.15) is 0 Å². The number of hydrogen-bond acceptors (Lipinski definition) is 5. The molecule has 0 amide bonds. The predicted octanol–water partition coefficient (Wildman–Crippen LogP) is 3.76. The smallest absolute Gasteiger partial charge is 0.336 e. The topological polar surface area (TPSA) is 62.5 Å². The number of ether oxygens (including phenoxy) is 2. The van der Waals surface area contributed by atoms with E-state index in [0.29, 0.717) is 34.1 Å². The maximum Gasteiger partial charge on any atom is 0.336 e. The summed E-state index contributed by atoms with van der Waals surface area (Å²) in [4.78, 5) is 28.8. The van der Waals surface area contributed by atoms with Gasteiger partial charge in [0.15, 0.2) is 6.29 Å². The highest BCUT2D eigenvalue weighted by atomic mass is 35.5. The Labute approximate surface area is 177 Å². The Bertz CT molecular complexity index is 1140. The molecule has 154 valence electrons. The minimum Gasteiger partial charge on any atom is -0.351 e. The van der Waals surface area contributed by atoms with E-state index in [0.717, 1.165) is 24.8 Å². The molecule has 6 nitrogen and oxygen atoms in total. The Balaban J connectivity index is 1.97. The maximum atomic E-state index is 13.4. The normalized spacial score (nSPS) is 13.5. The van der Waals surface area contributed by atoms with Crippen molar-refractivity contribution in [2.24, 2.45) is 0 Å². The Morgan fingerprint density at radius 3 is 2.45 bits per heavy atom. The van der Waals surface area contributed by atoms with E-state index in [9.17, 15) is 9.59 Å². The van der Waals surface area contributed by atoms with E-state index >= 15 is 0 Å². The van der Waals surface area contributed by atoms with Crippen molar-refractivity contribution in [1.82, 2.24) is 9.13 Å². The van der Waals surface area contributed by atoms with Crippen molar-refractivity contribution in [2.75, 3.05) is 13.2 Å². The summed E-state index contributed by atoms with van der Waals surface area (Å²) in [7, 11) is 0. The molecule has 29 heavy (non-hydrogen) atoms. The molecule has 3 aromatic rings. The number of benzene rings is 1. The van der Waals surface area contributed by atoms with E-state index in [1.165, 1.54) is 9.44 Å². The zero-order valence-corrected chi connectivity index (χ0v) is 18.0. The van der Waals surface area contributed by atoms with E-state index in [2.05, 4.69) is 0 Å². The summed E-state index contributed by atoms with van der Waals surface area (Å²) >= 11 is 7.54. The molecule has 4 rings (SSSR count). The van der Waals surface area contributed by atoms with Crippen LogP contribution < -0.4 is 11.2 Å². The summed E-state index contributed by atoms with van der Waals surface area (Å²) in [6.45, 7) is 4.95. The van der Waals surface area contributed by atoms with Crippen molar-refractivity contribution >= 4 is 33.2 Å². The lowest BCUT2D eigenvalue weighted by atomic mass is 10.2. The second-order valence-electron chi connectivity index (χ2n) is 6.89. The average molecular weight is 435 g/mol. The number of nitrogens with zero attached hydrogens (tertiary/aromatic N) is 2. The fraction of sp³-hybridized carbons (Fsp3) is 0.429. The average Bonchev–Trinajstić information content (AvgIpc) is 3.28. The first-order valence-corrected chi connectivity index (χ1v) is 11.0.